The minimum absolute atomic E-state index is 0.653. The van der Waals surface area contributed by atoms with E-state index in [9.17, 15) is 0 Å². The minimum atomic E-state index is 0.653. The van der Waals surface area contributed by atoms with E-state index in [2.05, 4.69) is 32.7 Å². The molecule has 0 amide bonds. The van der Waals surface area contributed by atoms with E-state index in [0.717, 1.165) is 33.0 Å². The molecule has 0 aliphatic heterocycles. The minimum Gasteiger partial charge on any atom is -0.454 e. The summed E-state index contributed by atoms with van der Waals surface area (Å²) in [6.45, 7) is 0. The van der Waals surface area contributed by atoms with Crippen LogP contribution in [0.2, 0.25) is 0 Å². The second-order valence-corrected chi connectivity index (χ2v) is 5.18. The molecule has 0 saturated heterocycles. The summed E-state index contributed by atoms with van der Waals surface area (Å²) in [4.78, 5) is 8.84. The van der Waals surface area contributed by atoms with Crippen LogP contribution >= 0.6 is 0 Å². The van der Waals surface area contributed by atoms with Crippen LogP contribution in [0.3, 0.4) is 0 Å². The second kappa shape index (κ2) is 4.18. The van der Waals surface area contributed by atoms with Crippen molar-refractivity contribution in [2.45, 2.75) is 0 Å². The van der Waals surface area contributed by atoms with Gasteiger partial charge in [-0.25, -0.2) is 9.97 Å². The predicted molar refractivity (Wildman–Crippen MR) is 86.1 cm³/mol. The van der Waals surface area contributed by atoms with Crippen LogP contribution in [0.5, 0.6) is 0 Å². The fourth-order valence-electron chi connectivity index (χ4n) is 3.03. The zero-order chi connectivity index (χ0) is 14.5. The maximum absolute atomic E-state index is 6.09. The molecule has 4 nitrogen and oxygen atoms in total. The van der Waals surface area contributed by atoms with Crippen LogP contribution in [0, 0.1) is 0 Å². The fourth-order valence-corrected chi connectivity index (χ4v) is 3.03. The average molecular weight is 285 g/mol. The van der Waals surface area contributed by atoms with Gasteiger partial charge in [-0.2, -0.15) is 0 Å². The Kier molecular flexibility index (Phi) is 2.19. The number of fused-ring (bicyclic) bond motifs is 5. The normalized spacial score (nSPS) is 11.6. The number of aromatic nitrogens is 3. The first-order chi connectivity index (χ1) is 10.9. The SMILES string of the molecule is c1cnc(-n2c3ccccc3c3oc4ccccc4c32)nc1. The highest BCUT2D eigenvalue weighted by Gasteiger charge is 2.19. The van der Waals surface area contributed by atoms with Crippen molar-refractivity contribution >= 4 is 33.0 Å². The number of para-hydroxylation sites is 2. The van der Waals surface area contributed by atoms with Gasteiger partial charge < -0.3 is 4.42 Å². The third-order valence-corrected chi connectivity index (χ3v) is 3.93. The summed E-state index contributed by atoms with van der Waals surface area (Å²) in [5.74, 6) is 0.653. The molecule has 0 bridgehead atoms. The first kappa shape index (κ1) is 11.5. The van der Waals surface area contributed by atoms with Crippen molar-refractivity contribution in [2.75, 3.05) is 0 Å². The molecule has 0 atom stereocenters. The van der Waals surface area contributed by atoms with Crippen molar-refractivity contribution < 1.29 is 4.42 Å². The summed E-state index contributed by atoms with van der Waals surface area (Å²) in [6, 6.07) is 18.0. The first-order valence-corrected chi connectivity index (χ1v) is 7.11. The Labute approximate surface area is 125 Å². The highest BCUT2D eigenvalue weighted by Crippen LogP contribution is 2.37. The van der Waals surface area contributed by atoms with E-state index in [1.54, 1.807) is 12.4 Å². The zero-order valence-electron chi connectivity index (χ0n) is 11.6. The van der Waals surface area contributed by atoms with Crippen LogP contribution in [-0.2, 0) is 0 Å². The van der Waals surface area contributed by atoms with Gasteiger partial charge in [-0.05, 0) is 30.3 Å². The summed E-state index contributed by atoms with van der Waals surface area (Å²) >= 11 is 0. The maximum atomic E-state index is 6.09. The number of hydrogen-bond donors (Lipinski definition) is 0. The number of benzene rings is 2. The average Bonchev–Trinajstić information content (AvgIpc) is 3.10. The summed E-state index contributed by atoms with van der Waals surface area (Å²) in [5.41, 5.74) is 3.82. The van der Waals surface area contributed by atoms with Crippen molar-refractivity contribution in [2.24, 2.45) is 0 Å². The Morgan fingerprint density at radius 1 is 0.773 bits per heavy atom. The first-order valence-electron chi connectivity index (χ1n) is 7.11. The van der Waals surface area contributed by atoms with Gasteiger partial charge in [-0.15, -0.1) is 0 Å². The molecule has 104 valence electrons. The molecule has 4 heteroatoms. The quantitative estimate of drug-likeness (QED) is 0.460. The topological polar surface area (TPSA) is 43.9 Å². The molecule has 2 aromatic carbocycles. The number of hydrogen-bond acceptors (Lipinski definition) is 3. The van der Waals surface area contributed by atoms with E-state index in [0.29, 0.717) is 5.95 Å². The molecule has 22 heavy (non-hydrogen) atoms. The van der Waals surface area contributed by atoms with Crippen molar-refractivity contribution in [1.82, 2.24) is 14.5 Å². The second-order valence-electron chi connectivity index (χ2n) is 5.18. The van der Waals surface area contributed by atoms with Gasteiger partial charge in [0.2, 0.25) is 5.95 Å². The molecule has 3 heterocycles. The van der Waals surface area contributed by atoms with Crippen LogP contribution < -0.4 is 0 Å². The maximum Gasteiger partial charge on any atom is 0.234 e. The third-order valence-electron chi connectivity index (χ3n) is 3.93. The monoisotopic (exact) mass is 285 g/mol. The molecular weight excluding hydrogens is 274 g/mol. The fraction of sp³-hybridized carbons (Fsp3) is 0. The molecule has 3 aromatic heterocycles. The van der Waals surface area contributed by atoms with E-state index in [1.807, 2.05) is 36.4 Å². The lowest BCUT2D eigenvalue weighted by atomic mass is 10.2. The summed E-state index contributed by atoms with van der Waals surface area (Å²) in [6.07, 6.45) is 3.51. The molecule has 0 fully saturated rings. The van der Waals surface area contributed by atoms with E-state index in [-0.39, 0.29) is 0 Å². The molecule has 5 rings (SSSR count). The molecule has 0 unspecified atom stereocenters. The van der Waals surface area contributed by atoms with Gasteiger partial charge in [-0.3, -0.25) is 4.57 Å². The molecule has 5 aromatic rings. The van der Waals surface area contributed by atoms with Gasteiger partial charge in [0.15, 0.2) is 5.58 Å². The van der Waals surface area contributed by atoms with Gasteiger partial charge in [0.25, 0.3) is 0 Å². The predicted octanol–water partition coefficient (Wildman–Crippen LogP) is 4.32. The van der Waals surface area contributed by atoms with Crippen LogP contribution in [0.1, 0.15) is 0 Å². The van der Waals surface area contributed by atoms with Crippen LogP contribution in [-0.4, -0.2) is 14.5 Å². The molecule has 0 radical (unpaired) electrons. The van der Waals surface area contributed by atoms with Crippen LogP contribution in [0.25, 0.3) is 38.9 Å². The Bertz CT molecular complexity index is 1120. The third kappa shape index (κ3) is 1.41. The van der Waals surface area contributed by atoms with E-state index >= 15 is 0 Å². The van der Waals surface area contributed by atoms with Crippen LogP contribution in [0.15, 0.2) is 71.4 Å². The highest BCUT2D eigenvalue weighted by molar-refractivity contribution is 6.16. The van der Waals surface area contributed by atoms with Gasteiger partial charge in [0, 0.05) is 23.2 Å². The summed E-state index contributed by atoms with van der Waals surface area (Å²) < 4.78 is 8.16. The lowest BCUT2D eigenvalue weighted by Crippen LogP contribution is -1.99. The number of nitrogens with zero attached hydrogens (tertiary/aromatic N) is 3. The molecular formula is C18H11N3O. The summed E-state index contributed by atoms with van der Waals surface area (Å²) in [7, 11) is 0. The lowest BCUT2D eigenvalue weighted by molar-refractivity contribution is 0.672. The number of rotatable bonds is 1. The Hall–Kier alpha value is -3.14. The van der Waals surface area contributed by atoms with Crippen molar-refractivity contribution in [3.05, 3.63) is 67.0 Å². The molecule has 0 saturated carbocycles. The standard InChI is InChI=1S/C18H11N3O/c1-3-8-14-12(6-1)17-16(13-7-2-4-9-15(13)22-17)21(14)18-19-10-5-11-20-18/h1-11H. The van der Waals surface area contributed by atoms with Crippen molar-refractivity contribution in [3.8, 4) is 5.95 Å². The Morgan fingerprint density at radius 2 is 1.50 bits per heavy atom. The molecule has 0 aliphatic rings. The Balaban J connectivity index is 2.08. The van der Waals surface area contributed by atoms with E-state index in [4.69, 9.17) is 4.42 Å². The van der Waals surface area contributed by atoms with E-state index < -0.39 is 0 Å². The molecule has 0 aliphatic carbocycles. The van der Waals surface area contributed by atoms with Gasteiger partial charge in [0.1, 0.15) is 11.1 Å². The Morgan fingerprint density at radius 3 is 2.36 bits per heavy atom. The van der Waals surface area contributed by atoms with Crippen molar-refractivity contribution in [3.63, 3.8) is 0 Å². The molecule has 0 spiro atoms. The van der Waals surface area contributed by atoms with Crippen molar-refractivity contribution in [1.29, 1.82) is 0 Å². The van der Waals surface area contributed by atoms with E-state index in [1.165, 1.54) is 0 Å². The summed E-state index contributed by atoms with van der Waals surface area (Å²) in [5, 5.41) is 2.14. The van der Waals surface area contributed by atoms with Gasteiger partial charge in [0.05, 0.1) is 5.52 Å². The lowest BCUT2D eigenvalue weighted by Gasteiger charge is -2.04. The zero-order valence-corrected chi connectivity index (χ0v) is 11.6. The highest BCUT2D eigenvalue weighted by atomic mass is 16.3. The smallest absolute Gasteiger partial charge is 0.234 e. The molecule has 0 N–H and O–H groups in total. The largest absolute Gasteiger partial charge is 0.454 e. The number of furan rings is 1. The van der Waals surface area contributed by atoms with Gasteiger partial charge >= 0.3 is 0 Å². The van der Waals surface area contributed by atoms with Gasteiger partial charge in [-0.1, -0.05) is 24.3 Å². The van der Waals surface area contributed by atoms with Crippen LogP contribution in [0.4, 0.5) is 0 Å².